The summed E-state index contributed by atoms with van der Waals surface area (Å²) < 4.78 is 0. The van der Waals surface area contributed by atoms with Crippen molar-refractivity contribution in [3.05, 3.63) is 35.4 Å². The van der Waals surface area contributed by atoms with Gasteiger partial charge in [-0.1, -0.05) is 24.3 Å². The minimum Gasteiger partial charge on any atom is -0.368 e. The second-order valence-corrected chi connectivity index (χ2v) is 3.71. The number of hydroxylamine groups is 1. The molecule has 0 unspecified atom stereocenters. The maximum atomic E-state index is 11.3. The average Bonchev–Trinajstić information content (AvgIpc) is 2.27. The Balaban J connectivity index is 2.29. The predicted molar refractivity (Wildman–Crippen MR) is 62.8 cm³/mol. The van der Waals surface area contributed by atoms with Crippen LogP contribution < -0.4 is 11.2 Å². The number of rotatable bonds is 6. The Kier molecular flexibility index (Phi) is 5.16. The summed E-state index contributed by atoms with van der Waals surface area (Å²) in [5.74, 6) is -0.890. The molecule has 0 radical (unpaired) electrons. The van der Waals surface area contributed by atoms with Crippen molar-refractivity contribution in [1.29, 1.82) is 0 Å². The zero-order valence-corrected chi connectivity index (χ0v) is 9.73. The zero-order valence-electron chi connectivity index (χ0n) is 9.73. The molecule has 0 saturated heterocycles. The van der Waals surface area contributed by atoms with Crippen molar-refractivity contribution in [2.75, 3.05) is 6.61 Å². The predicted octanol–water partition coefficient (Wildman–Crippen LogP) is 0.461. The van der Waals surface area contributed by atoms with E-state index in [9.17, 15) is 9.59 Å². The number of nitrogens with two attached hydrogens (primary N) is 1. The van der Waals surface area contributed by atoms with Gasteiger partial charge < -0.3 is 5.73 Å². The van der Waals surface area contributed by atoms with E-state index in [4.69, 9.17) is 5.73 Å². The first-order chi connectivity index (χ1) is 8.09. The molecule has 1 aromatic carbocycles. The van der Waals surface area contributed by atoms with Gasteiger partial charge in [0.1, 0.15) is 0 Å². The first kappa shape index (κ1) is 13.2. The summed E-state index contributed by atoms with van der Waals surface area (Å²) in [5, 5.41) is 0. The molecule has 0 spiro atoms. The number of carbonyl (C=O) groups excluding carboxylic acids is 2. The number of benzene rings is 1. The van der Waals surface area contributed by atoms with Crippen LogP contribution in [0.5, 0.6) is 0 Å². The molecule has 2 amide bonds. The zero-order chi connectivity index (χ0) is 12.7. The van der Waals surface area contributed by atoms with Gasteiger partial charge in [-0.3, -0.25) is 14.4 Å². The topological polar surface area (TPSA) is 81.4 Å². The summed E-state index contributed by atoms with van der Waals surface area (Å²) in [6.45, 7) is 1.69. The summed E-state index contributed by atoms with van der Waals surface area (Å²) in [6.07, 6.45) is 0.946. The molecular weight excluding hydrogens is 220 g/mol. The van der Waals surface area contributed by atoms with Crippen LogP contribution in [0.15, 0.2) is 24.3 Å². The van der Waals surface area contributed by atoms with Crippen LogP contribution in [0.3, 0.4) is 0 Å². The lowest BCUT2D eigenvalue weighted by atomic mass is 10.0. The highest BCUT2D eigenvalue weighted by molar-refractivity contribution is 5.77. The number of carbonyl (C=O) groups is 2. The van der Waals surface area contributed by atoms with E-state index in [1.54, 1.807) is 0 Å². The highest BCUT2D eigenvalue weighted by Gasteiger charge is 2.04. The summed E-state index contributed by atoms with van der Waals surface area (Å²) in [4.78, 5) is 26.3. The van der Waals surface area contributed by atoms with Gasteiger partial charge in [-0.2, -0.15) is 0 Å². The lowest BCUT2D eigenvalue weighted by Gasteiger charge is -2.06. The van der Waals surface area contributed by atoms with Crippen molar-refractivity contribution < 1.29 is 14.4 Å². The van der Waals surface area contributed by atoms with Crippen molar-refractivity contribution >= 4 is 11.8 Å². The number of nitrogens with one attached hydrogen (secondary N) is 1. The van der Waals surface area contributed by atoms with Crippen molar-refractivity contribution in [1.82, 2.24) is 5.48 Å². The van der Waals surface area contributed by atoms with Gasteiger partial charge in [0, 0.05) is 6.42 Å². The normalized spacial score (nSPS) is 9.94. The number of primary amides is 1. The number of hydrogen-bond donors (Lipinski definition) is 2. The van der Waals surface area contributed by atoms with E-state index in [0.29, 0.717) is 12.8 Å². The molecule has 0 fully saturated rings. The van der Waals surface area contributed by atoms with E-state index >= 15 is 0 Å². The first-order valence-electron chi connectivity index (χ1n) is 5.33. The smallest absolute Gasteiger partial charge is 0.246 e. The highest BCUT2D eigenvalue weighted by atomic mass is 16.7. The molecule has 0 saturated carbocycles. The van der Waals surface area contributed by atoms with Crippen LogP contribution in [-0.2, 0) is 20.8 Å². The quantitative estimate of drug-likeness (QED) is 0.704. The van der Waals surface area contributed by atoms with Gasteiger partial charge in [0.15, 0.2) is 6.61 Å². The third-order valence-electron chi connectivity index (χ3n) is 2.28. The minimum atomic E-state index is -0.621. The molecule has 0 aromatic heterocycles. The van der Waals surface area contributed by atoms with Gasteiger partial charge in [-0.15, -0.1) is 0 Å². The Bertz CT molecular complexity index is 404. The second-order valence-electron chi connectivity index (χ2n) is 3.71. The molecule has 0 aliphatic carbocycles. The van der Waals surface area contributed by atoms with E-state index < -0.39 is 5.91 Å². The molecule has 1 rings (SSSR count). The van der Waals surface area contributed by atoms with Crippen molar-refractivity contribution in [3.63, 3.8) is 0 Å². The molecule has 0 aliphatic rings. The van der Waals surface area contributed by atoms with Crippen LogP contribution in [0.2, 0.25) is 0 Å². The Morgan fingerprint density at radius 1 is 1.35 bits per heavy atom. The fourth-order valence-corrected chi connectivity index (χ4v) is 1.38. The van der Waals surface area contributed by atoms with Crippen molar-refractivity contribution in [2.45, 2.75) is 19.8 Å². The lowest BCUT2D eigenvalue weighted by molar-refractivity contribution is -0.137. The molecule has 0 aliphatic heterocycles. The Morgan fingerprint density at radius 3 is 2.71 bits per heavy atom. The highest BCUT2D eigenvalue weighted by Crippen LogP contribution is 2.09. The van der Waals surface area contributed by atoms with Gasteiger partial charge in [0.25, 0.3) is 0 Å². The molecule has 3 N–H and O–H groups in total. The first-order valence-corrected chi connectivity index (χ1v) is 5.33. The summed E-state index contributed by atoms with van der Waals surface area (Å²) in [5.41, 5.74) is 9.29. The van der Waals surface area contributed by atoms with Crippen LogP contribution >= 0.6 is 0 Å². The minimum absolute atomic E-state index is 0.269. The van der Waals surface area contributed by atoms with Gasteiger partial charge in [-0.05, 0) is 24.5 Å². The molecule has 0 bridgehead atoms. The molecule has 5 heteroatoms. The third kappa shape index (κ3) is 5.12. The third-order valence-corrected chi connectivity index (χ3v) is 2.28. The van der Waals surface area contributed by atoms with Crippen LogP contribution in [0.25, 0.3) is 0 Å². The Hall–Kier alpha value is -1.88. The number of aryl methyl sites for hydroxylation is 2. The van der Waals surface area contributed by atoms with E-state index in [2.05, 4.69) is 10.3 Å². The largest absolute Gasteiger partial charge is 0.368 e. The fourth-order valence-electron chi connectivity index (χ4n) is 1.38. The molecule has 0 atom stereocenters. The maximum Gasteiger partial charge on any atom is 0.246 e. The van der Waals surface area contributed by atoms with Crippen LogP contribution in [0, 0.1) is 6.92 Å². The Labute approximate surface area is 99.9 Å². The van der Waals surface area contributed by atoms with Gasteiger partial charge >= 0.3 is 0 Å². The van der Waals surface area contributed by atoms with Crippen LogP contribution in [-0.4, -0.2) is 18.4 Å². The van der Waals surface area contributed by atoms with E-state index in [0.717, 1.165) is 11.1 Å². The van der Waals surface area contributed by atoms with E-state index in [1.807, 2.05) is 31.2 Å². The van der Waals surface area contributed by atoms with Crippen molar-refractivity contribution in [3.8, 4) is 0 Å². The summed E-state index contributed by atoms with van der Waals surface area (Å²) in [7, 11) is 0. The fraction of sp³-hybridized carbons (Fsp3) is 0.333. The standard InChI is InChI=1S/C12H16N2O3/c1-9-4-2-3-5-10(9)6-7-12(16)14-17-8-11(13)15/h2-5H,6-8H2,1H3,(H2,13,15)(H,14,16). The number of hydrogen-bond acceptors (Lipinski definition) is 3. The van der Waals surface area contributed by atoms with Crippen LogP contribution in [0.1, 0.15) is 17.5 Å². The molecular formula is C12H16N2O3. The lowest BCUT2D eigenvalue weighted by Crippen LogP contribution is -2.29. The van der Waals surface area contributed by atoms with Crippen LogP contribution in [0.4, 0.5) is 0 Å². The molecule has 5 nitrogen and oxygen atoms in total. The molecule has 1 aromatic rings. The van der Waals surface area contributed by atoms with Crippen molar-refractivity contribution in [2.24, 2.45) is 5.73 Å². The molecule has 0 heterocycles. The average molecular weight is 236 g/mol. The van der Waals surface area contributed by atoms with Gasteiger partial charge in [0.05, 0.1) is 0 Å². The maximum absolute atomic E-state index is 11.3. The van der Waals surface area contributed by atoms with E-state index in [-0.39, 0.29) is 12.5 Å². The van der Waals surface area contributed by atoms with E-state index in [1.165, 1.54) is 0 Å². The molecule has 17 heavy (non-hydrogen) atoms. The molecule has 92 valence electrons. The number of amides is 2. The van der Waals surface area contributed by atoms with Gasteiger partial charge in [-0.25, -0.2) is 5.48 Å². The summed E-state index contributed by atoms with van der Waals surface area (Å²) >= 11 is 0. The SMILES string of the molecule is Cc1ccccc1CCC(=O)NOCC(N)=O. The second kappa shape index (κ2) is 6.65. The van der Waals surface area contributed by atoms with Gasteiger partial charge in [0.2, 0.25) is 11.8 Å². The Morgan fingerprint density at radius 2 is 2.06 bits per heavy atom. The monoisotopic (exact) mass is 236 g/mol. The summed E-state index contributed by atoms with van der Waals surface area (Å²) in [6, 6.07) is 7.86.